The van der Waals surface area contributed by atoms with Crippen molar-refractivity contribution in [1.29, 1.82) is 5.41 Å². The van der Waals surface area contributed by atoms with E-state index >= 15 is 0 Å². The van der Waals surface area contributed by atoms with Crippen molar-refractivity contribution in [3.05, 3.63) is 36.8 Å². The van der Waals surface area contributed by atoms with Crippen LogP contribution in [0.5, 0.6) is 0 Å². The molecule has 0 saturated carbocycles. The largest absolute Gasteiger partial charge is 0.484 e. The number of ether oxygens (including phenoxy) is 1. The molecule has 10 heteroatoms. The summed E-state index contributed by atoms with van der Waals surface area (Å²) >= 11 is 0. The second-order valence-corrected chi connectivity index (χ2v) is 12.5. The van der Waals surface area contributed by atoms with Crippen molar-refractivity contribution in [2.24, 2.45) is 27.7 Å². The average Bonchev–Trinajstić information content (AvgIpc) is 3.09. The number of piperidine rings is 1. The topological polar surface area (TPSA) is 107 Å². The van der Waals surface area contributed by atoms with Crippen LogP contribution in [0.25, 0.3) is 0 Å². The molecule has 0 aromatic heterocycles. The van der Waals surface area contributed by atoms with Crippen molar-refractivity contribution < 1.29 is 17.5 Å². The van der Waals surface area contributed by atoms with E-state index in [9.17, 15) is 12.8 Å². The number of methoxy groups -OCH3 is 1. The Morgan fingerprint density at radius 1 is 1.30 bits per heavy atom. The summed E-state index contributed by atoms with van der Waals surface area (Å²) in [5.41, 5.74) is 0.261. The molecule has 8 nitrogen and oxygen atoms in total. The van der Waals surface area contributed by atoms with E-state index in [1.807, 2.05) is 13.8 Å². The van der Waals surface area contributed by atoms with Crippen LogP contribution in [-0.2, 0) is 14.6 Å². The Balaban J connectivity index is 1.68. The molecule has 2 saturated heterocycles. The zero-order valence-electron chi connectivity index (χ0n) is 22.5. The summed E-state index contributed by atoms with van der Waals surface area (Å²) in [5, 5.41) is 11.2. The van der Waals surface area contributed by atoms with Crippen LogP contribution in [0.3, 0.4) is 0 Å². The molecule has 0 aliphatic carbocycles. The van der Waals surface area contributed by atoms with E-state index in [0.717, 1.165) is 50.3 Å². The molecule has 0 amide bonds. The lowest BCUT2D eigenvalue weighted by molar-refractivity contribution is 0.172. The van der Waals surface area contributed by atoms with Gasteiger partial charge in [0, 0.05) is 49.3 Å². The number of halogens is 1. The van der Waals surface area contributed by atoms with Crippen molar-refractivity contribution in [3.63, 3.8) is 0 Å². The predicted molar refractivity (Wildman–Crippen MR) is 148 cm³/mol. The molecule has 2 heterocycles. The van der Waals surface area contributed by atoms with Crippen LogP contribution >= 0.6 is 0 Å². The van der Waals surface area contributed by atoms with Gasteiger partial charge in [0.15, 0.2) is 15.7 Å². The van der Waals surface area contributed by atoms with Crippen molar-refractivity contribution in [3.8, 4) is 0 Å². The number of anilines is 1. The molecule has 0 radical (unpaired) electrons. The van der Waals surface area contributed by atoms with Crippen LogP contribution in [0.4, 0.5) is 10.1 Å². The van der Waals surface area contributed by atoms with Crippen LogP contribution in [-0.4, -0.2) is 62.9 Å². The first kappa shape index (κ1) is 28.8. The Hall–Kier alpha value is -2.75. The monoisotopic (exact) mass is 533 g/mol. The first-order valence-corrected chi connectivity index (χ1v) is 14.7. The molecule has 1 aromatic rings. The van der Waals surface area contributed by atoms with Crippen LogP contribution < -0.4 is 5.32 Å². The molecule has 3 unspecified atom stereocenters. The molecule has 37 heavy (non-hydrogen) atoms. The van der Waals surface area contributed by atoms with Gasteiger partial charge in [-0.2, -0.15) is 0 Å². The van der Waals surface area contributed by atoms with Gasteiger partial charge in [-0.1, -0.05) is 27.4 Å². The Kier molecular flexibility index (Phi) is 9.50. The van der Waals surface area contributed by atoms with Crippen LogP contribution in [0, 0.1) is 29.0 Å². The highest BCUT2D eigenvalue weighted by molar-refractivity contribution is 7.90. The standard InChI is InChI=1S/C27H40FN5O3S/c1-7-30-27(18(4)16-31-24-11-10-22(15-23(24)28)37(6,34)35)33-20-8-9-21(33)13-19(12-20)14-25(36-5)32-26(29)17(2)3/h7,10-11,15,17-21,29,31H,1,8-9,12-14,16H2,2-6H3. The van der Waals surface area contributed by atoms with Gasteiger partial charge in [-0.3, -0.25) is 5.41 Å². The molecule has 204 valence electrons. The van der Waals surface area contributed by atoms with E-state index in [4.69, 9.17) is 10.1 Å². The SMILES string of the molecule is C=CN=C(C(C)CNc1ccc(S(C)(=O)=O)cc1F)N1C2CCC1CC(CC(=NC(=N)C(C)C)OC)C2. The van der Waals surface area contributed by atoms with Gasteiger partial charge < -0.3 is 15.0 Å². The lowest BCUT2D eigenvalue weighted by Gasteiger charge is -2.42. The third-order valence-corrected chi connectivity index (χ3v) is 8.33. The van der Waals surface area contributed by atoms with E-state index in [-0.39, 0.29) is 22.4 Å². The molecular formula is C27H40FN5O3S. The highest BCUT2D eigenvalue weighted by Crippen LogP contribution is 2.41. The Bertz CT molecular complexity index is 1150. The molecule has 2 aliphatic rings. The smallest absolute Gasteiger partial charge is 0.189 e. The second-order valence-electron chi connectivity index (χ2n) is 10.4. The maximum atomic E-state index is 14.6. The number of aliphatic imine (C=N–C) groups is 2. The Morgan fingerprint density at radius 2 is 1.95 bits per heavy atom. The number of nitrogens with zero attached hydrogens (tertiary/aromatic N) is 3. The van der Waals surface area contributed by atoms with Crippen molar-refractivity contribution in [1.82, 2.24) is 4.90 Å². The van der Waals surface area contributed by atoms with E-state index in [0.29, 0.717) is 36.3 Å². The quantitative estimate of drug-likeness (QED) is 0.338. The summed E-state index contributed by atoms with van der Waals surface area (Å²) < 4.78 is 43.5. The first-order valence-electron chi connectivity index (χ1n) is 12.8. The Labute approximate surface area is 220 Å². The number of amidine groups is 2. The summed E-state index contributed by atoms with van der Waals surface area (Å²) in [6.07, 6.45) is 7.50. The highest BCUT2D eigenvalue weighted by atomic mass is 32.2. The predicted octanol–water partition coefficient (Wildman–Crippen LogP) is 5.13. The third kappa shape index (κ3) is 7.18. The van der Waals surface area contributed by atoms with Crippen LogP contribution in [0.2, 0.25) is 0 Å². The molecule has 2 fully saturated rings. The number of fused-ring (bicyclic) bond motifs is 2. The maximum absolute atomic E-state index is 14.6. The van der Waals surface area contributed by atoms with Gasteiger partial charge in [0.2, 0.25) is 0 Å². The summed E-state index contributed by atoms with van der Waals surface area (Å²) in [4.78, 5) is 11.4. The van der Waals surface area contributed by atoms with Crippen molar-refractivity contribution in [2.45, 2.75) is 69.9 Å². The number of hydrogen-bond acceptors (Lipinski definition) is 6. The zero-order chi connectivity index (χ0) is 27.3. The van der Waals surface area contributed by atoms with Crippen LogP contribution in [0.1, 0.15) is 52.9 Å². The second kappa shape index (κ2) is 12.2. The normalized spacial score (nSPS) is 23.2. The first-order chi connectivity index (χ1) is 17.4. The van der Waals surface area contributed by atoms with E-state index in [1.165, 1.54) is 12.1 Å². The van der Waals surface area contributed by atoms with Crippen molar-refractivity contribution >= 4 is 33.1 Å². The number of rotatable bonds is 9. The summed E-state index contributed by atoms with van der Waals surface area (Å²) in [6.45, 7) is 10.2. The fourth-order valence-corrected chi connectivity index (χ4v) is 5.91. The fraction of sp³-hybridized carbons (Fsp3) is 0.593. The summed E-state index contributed by atoms with van der Waals surface area (Å²) in [5.74, 6) is 1.76. The lowest BCUT2D eigenvalue weighted by atomic mass is 9.87. The minimum Gasteiger partial charge on any atom is -0.484 e. The number of benzene rings is 1. The van der Waals surface area contributed by atoms with Gasteiger partial charge in [0.25, 0.3) is 0 Å². The molecule has 3 rings (SSSR count). The average molecular weight is 534 g/mol. The number of sulfone groups is 1. The molecule has 0 spiro atoms. The molecule has 3 atom stereocenters. The zero-order valence-corrected chi connectivity index (χ0v) is 23.3. The van der Waals surface area contributed by atoms with Crippen molar-refractivity contribution in [2.75, 3.05) is 25.2 Å². The summed E-state index contributed by atoms with van der Waals surface area (Å²) in [6, 6.07) is 4.62. The molecular weight excluding hydrogens is 493 g/mol. The molecule has 2 N–H and O–H groups in total. The van der Waals surface area contributed by atoms with Crippen LogP contribution in [0.15, 0.2) is 45.9 Å². The Morgan fingerprint density at radius 3 is 2.46 bits per heavy atom. The van der Waals surface area contributed by atoms with Gasteiger partial charge >= 0.3 is 0 Å². The van der Waals surface area contributed by atoms with E-state index in [1.54, 1.807) is 13.3 Å². The molecule has 1 aromatic carbocycles. The molecule has 2 bridgehead atoms. The number of hydrogen-bond donors (Lipinski definition) is 2. The van der Waals surface area contributed by atoms with Gasteiger partial charge in [-0.05, 0) is 49.8 Å². The highest BCUT2D eigenvalue weighted by Gasteiger charge is 2.43. The van der Waals surface area contributed by atoms with E-state index in [2.05, 4.69) is 33.7 Å². The van der Waals surface area contributed by atoms with Gasteiger partial charge in [-0.25, -0.2) is 22.8 Å². The number of nitrogens with one attached hydrogen (secondary N) is 2. The third-order valence-electron chi connectivity index (χ3n) is 7.22. The van der Waals surface area contributed by atoms with Gasteiger partial charge in [-0.15, -0.1) is 0 Å². The maximum Gasteiger partial charge on any atom is 0.189 e. The van der Waals surface area contributed by atoms with E-state index < -0.39 is 15.7 Å². The fourth-order valence-electron chi connectivity index (χ4n) is 5.28. The van der Waals surface area contributed by atoms with Gasteiger partial charge in [0.05, 0.1) is 17.7 Å². The summed E-state index contributed by atoms with van der Waals surface area (Å²) in [7, 11) is -1.85. The minimum atomic E-state index is -3.47. The lowest BCUT2D eigenvalue weighted by Crippen LogP contribution is -2.49. The minimum absolute atomic E-state index is 0.0192. The van der Waals surface area contributed by atoms with Gasteiger partial charge in [0.1, 0.15) is 17.5 Å². The molecule has 2 aliphatic heterocycles.